The summed E-state index contributed by atoms with van der Waals surface area (Å²) in [5, 5.41) is 5.44. The molecule has 0 saturated carbocycles. The van der Waals surface area contributed by atoms with Crippen LogP contribution in [0.15, 0.2) is 23.1 Å². The van der Waals surface area contributed by atoms with Crippen LogP contribution in [0.1, 0.15) is 29.9 Å². The highest BCUT2D eigenvalue weighted by molar-refractivity contribution is 9.09. The van der Waals surface area contributed by atoms with Gasteiger partial charge in [0.2, 0.25) is 0 Å². The molecule has 0 saturated heterocycles. The second-order valence-corrected chi connectivity index (χ2v) is 6.87. The lowest BCUT2D eigenvalue weighted by Gasteiger charge is -2.20. The fraction of sp³-hybridized carbons (Fsp3) is 0.400. The van der Waals surface area contributed by atoms with Gasteiger partial charge in [-0.05, 0) is 6.07 Å². The highest BCUT2D eigenvalue weighted by Crippen LogP contribution is 2.30. The fourth-order valence-electron chi connectivity index (χ4n) is 2.57. The van der Waals surface area contributed by atoms with E-state index < -0.39 is 11.4 Å². The van der Waals surface area contributed by atoms with Crippen molar-refractivity contribution in [2.45, 2.75) is 32.4 Å². The molecule has 1 aliphatic rings. The molecule has 2 aromatic rings. The lowest BCUT2D eigenvalue weighted by Crippen LogP contribution is -2.24. The highest BCUT2D eigenvalue weighted by atomic mass is 79.9. The largest absolute Gasteiger partial charge is 0.361 e. The molecule has 0 fully saturated rings. The van der Waals surface area contributed by atoms with Crippen molar-refractivity contribution in [1.29, 1.82) is 0 Å². The first kappa shape index (κ1) is 16.3. The standard InChI is InChI=1S/C15H15BrClN3O3/c1-15(2,8-16)13-6-11-10-5-12(21)9(14(22)23-17)7-19(10)3-4-20(11)18-13/h5-7H,3-4,8H2,1-2H3. The topological polar surface area (TPSA) is 66.1 Å². The van der Waals surface area contributed by atoms with Crippen LogP contribution in [0, 0.1) is 0 Å². The van der Waals surface area contributed by atoms with Crippen LogP contribution in [0.2, 0.25) is 0 Å². The van der Waals surface area contributed by atoms with Crippen molar-refractivity contribution < 1.29 is 9.08 Å². The Bertz CT molecular complexity index is 841. The van der Waals surface area contributed by atoms with E-state index in [4.69, 9.17) is 11.9 Å². The first-order valence-corrected chi connectivity index (χ1v) is 8.52. The molecule has 0 radical (unpaired) electrons. The third-order valence-electron chi connectivity index (χ3n) is 4.04. The third-order valence-corrected chi connectivity index (χ3v) is 5.58. The molecule has 0 spiro atoms. The summed E-state index contributed by atoms with van der Waals surface area (Å²) in [6.07, 6.45) is 1.49. The van der Waals surface area contributed by atoms with Gasteiger partial charge in [0.15, 0.2) is 5.43 Å². The summed E-state index contributed by atoms with van der Waals surface area (Å²) in [5.74, 6) is -0.841. The summed E-state index contributed by atoms with van der Waals surface area (Å²) in [6, 6.07) is 3.42. The second kappa shape index (κ2) is 5.79. The predicted octanol–water partition coefficient (Wildman–Crippen LogP) is 2.71. The van der Waals surface area contributed by atoms with Crippen LogP contribution >= 0.6 is 27.8 Å². The Balaban J connectivity index is 2.13. The second-order valence-electron chi connectivity index (χ2n) is 6.15. The Labute approximate surface area is 146 Å². The van der Waals surface area contributed by atoms with Crippen molar-refractivity contribution >= 4 is 33.8 Å². The molecule has 122 valence electrons. The van der Waals surface area contributed by atoms with Gasteiger partial charge in [-0.25, -0.2) is 4.79 Å². The number of carbonyl (C=O) groups excluding carboxylic acids is 1. The van der Waals surface area contributed by atoms with Crippen LogP contribution in [-0.4, -0.2) is 25.6 Å². The van der Waals surface area contributed by atoms with Crippen molar-refractivity contribution in [3.05, 3.63) is 39.8 Å². The van der Waals surface area contributed by atoms with Crippen LogP contribution in [-0.2, 0) is 22.8 Å². The van der Waals surface area contributed by atoms with Crippen molar-refractivity contribution in [2.24, 2.45) is 0 Å². The van der Waals surface area contributed by atoms with Gasteiger partial charge in [-0.1, -0.05) is 29.8 Å². The average Bonchev–Trinajstić information content (AvgIpc) is 2.99. The molecule has 0 atom stereocenters. The highest BCUT2D eigenvalue weighted by Gasteiger charge is 2.27. The van der Waals surface area contributed by atoms with Crippen LogP contribution < -0.4 is 5.43 Å². The van der Waals surface area contributed by atoms with E-state index in [-0.39, 0.29) is 11.0 Å². The first-order valence-electron chi connectivity index (χ1n) is 7.09. The Hall–Kier alpha value is -1.60. The van der Waals surface area contributed by atoms with E-state index in [0.717, 1.165) is 22.4 Å². The lowest BCUT2D eigenvalue weighted by atomic mass is 9.92. The number of hydrogen-bond donors (Lipinski definition) is 0. The van der Waals surface area contributed by atoms with E-state index in [1.54, 1.807) is 0 Å². The summed E-state index contributed by atoms with van der Waals surface area (Å²) >= 11 is 8.59. The van der Waals surface area contributed by atoms with Crippen molar-refractivity contribution in [2.75, 3.05) is 5.33 Å². The van der Waals surface area contributed by atoms with Gasteiger partial charge in [-0.3, -0.25) is 9.48 Å². The molecule has 0 bridgehead atoms. The van der Waals surface area contributed by atoms with Gasteiger partial charge in [0.05, 0.1) is 23.6 Å². The normalized spacial score (nSPS) is 13.4. The average molecular weight is 401 g/mol. The minimum Gasteiger partial charge on any atom is -0.343 e. The number of aromatic nitrogens is 3. The maximum atomic E-state index is 12.2. The molecule has 8 heteroatoms. The summed E-state index contributed by atoms with van der Waals surface area (Å²) in [4.78, 5) is 23.7. The molecule has 0 aromatic carbocycles. The Morgan fingerprint density at radius 1 is 1.39 bits per heavy atom. The molecule has 3 rings (SSSR count). The molecule has 1 aliphatic heterocycles. The van der Waals surface area contributed by atoms with E-state index in [2.05, 4.69) is 39.2 Å². The fourth-order valence-corrected chi connectivity index (χ4v) is 2.94. The SMILES string of the molecule is CC(C)(CBr)c1cc2n(n1)CCn1cc(C(=O)OCl)c(=O)cc1-2. The third kappa shape index (κ3) is 2.72. The van der Waals surface area contributed by atoms with Gasteiger partial charge >= 0.3 is 5.97 Å². The Morgan fingerprint density at radius 3 is 2.78 bits per heavy atom. The maximum absolute atomic E-state index is 12.2. The summed E-state index contributed by atoms with van der Waals surface area (Å²) < 4.78 is 7.89. The number of carbonyl (C=O) groups is 1. The molecule has 2 aromatic heterocycles. The molecular weight excluding hydrogens is 386 g/mol. The van der Waals surface area contributed by atoms with Crippen molar-refractivity contribution in [3.8, 4) is 11.4 Å². The number of alkyl halides is 1. The zero-order chi connectivity index (χ0) is 16.8. The van der Waals surface area contributed by atoms with Gasteiger partial charge in [0.1, 0.15) is 17.4 Å². The van der Waals surface area contributed by atoms with Gasteiger partial charge < -0.3 is 8.86 Å². The summed E-state index contributed by atoms with van der Waals surface area (Å²) in [7, 11) is 0. The smallest absolute Gasteiger partial charge is 0.343 e. The van der Waals surface area contributed by atoms with Gasteiger partial charge in [-0.2, -0.15) is 5.10 Å². The summed E-state index contributed by atoms with van der Waals surface area (Å²) in [5.41, 5.74) is 1.95. The number of nitrogens with zero attached hydrogens (tertiary/aromatic N) is 3. The summed E-state index contributed by atoms with van der Waals surface area (Å²) in [6.45, 7) is 5.48. The minimum absolute atomic E-state index is 0.0715. The number of pyridine rings is 1. The van der Waals surface area contributed by atoms with Crippen LogP contribution in [0.4, 0.5) is 0 Å². The number of rotatable bonds is 3. The van der Waals surface area contributed by atoms with Gasteiger partial charge in [0, 0.05) is 29.6 Å². The van der Waals surface area contributed by atoms with E-state index in [9.17, 15) is 9.59 Å². The lowest BCUT2D eigenvalue weighted by molar-refractivity contribution is 0.0749. The molecule has 0 amide bonds. The minimum atomic E-state index is -0.841. The monoisotopic (exact) mass is 399 g/mol. The number of hydrogen-bond acceptors (Lipinski definition) is 4. The van der Waals surface area contributed by atoms with Crippen LogP contribution in [0.5, 0.6) is 0 Å². The maximum Gasteiger partial charge on any atom is 0.361 e. The number of aryl methyl sites for hydroxylation is 2. The van der Waals surface area contributed by atoms with Crippen molar-refractivity contribution in [3.63, 3.8) is 0 Å². The number of fused-ring (bicyclic) bond motifs is 3. The van der Waals surface area contributed by atoms with Crippen LogP contribution in [0.25, 0.3) is 11.4 Å². The van der Waals surface area contributed by atoms with E-state index in [1.807, 2.05) is 15.3 Å². The van der Waals surface area contributed by atoms with Gasteiger partial charge in [-0.15, -0.1) is 0 Å². The first-order chi connectivity index (χ1) is 10.9. The van der Waals surface area contributed by atoms with Crippen LogP contribution in [0.3, 0.4) is 0 Å². The molecule has 0 N–H and O–H groups in total. The quantitative estimate of drug-likeness (QED) is 0.743. The molecule has 0 unspecified atom stereocenters. The van der Waals surface area contributed by atoms with E-state index >= 15 is 0 Å². The zero-order valence-electron chi connectivity index (χ0n) is 12.7. The molecular formula is C15H15BrClN3O3. The Morgan fingerprint density at radius 2 is 2.13 bits per heavy atom. The van der Waals surface area contributed by atoms with Crippen molar-refractivity contribution in [1.82, 2.24) is 14.3 Å². The van der Waals surface area contributed by atoms with E-state index in [0.29, 0.717) is 13.1 Å². The number of halogens is 2. The van der Waals surface area contributed by atoms with Gasteiger partial charge in [0.25, 0.3) is 0 Å². The molecule has 0 aliphatic carbocycles. The zero-order valence-corrected chi connectivity index (χ0v) is 15.0. The molecule has 3 heterocycles. The predicted molar refractivity (Wildman–Crippen MR) is 90.0 cm³/mol. The Kier molecular flexibility index (Phi) is 4.10. The molecule has 23 heavy (non-hydrogen) atoms. The van der Waals surface area contributed by atoms with E-state index in [1.165, 1.54) is 12.3 Å². The molecule has 6 nitrogen and oxygen atoms in total.